The van der Waals surface area contributed by atoms with Crippen LogP contribution < -0.4 is 0 Å². The molecule has 7 nitrogen and oxygen atoms in total. The van der Waals surface area contributed by atoms with Crippen LogP contribution in [0.3, 0.4) is 0 Å². The van der Waals surface area contributed by atoms with Crippen LogP contribution in [0.4, 0.5) is 0 Å². The second-order valence-electron chi connectivity index (χ2n) is 8.14. The van der Waals surface area contributed by atoms with Gasteiger partial charge in [0.05, 0.1) is 31.5 Å². The van der Waals surface area contributed by atoms with Crippen molar-refractivity contribution >= 4 is 5.97 Å². The summed E-state index contributed by atoms with van der Waals surface area (Å²) in [7, 11) is 0. The molecule has 1 rings (SSSR count). The predicted octanol–water partition coefficient (Wildman–Crippen LogP) is 1.85. The number of hydrogen-bond donors (Lipinski definition) is 5. The predicted molar refractivity (Wildman–Crippen MR) is 115 cm³/mol. The molecular weight excluding hydrogens is 388 g/mol. The first kappa shape index (κ1) is 26.8. The van der Waals surface area contributed by atoms with E-state index in [1.54, 1.807) is 6.08 Å². The van der Waals surface area contributed by atoms with Gasteiger partial charge >= 0.3 is 5.97 Å². The SMILES string of the molecule is CCCCCC(O)C=CC1C(O)CC(O)C1CC=CCCCC(=O)OC(CO)CO. The van der Waals surface area contributed by atoms with Gasteiger partial charge in [-0.15, -0.1) is 0 Å². The van der Waals surface area contributed by atoms with E-state index in [1.165, 1.54) is 0 Å². The molecule has 5 N–H and O–H groups in total. The van der Waals surface area contributed by atoms with Crippen LogP contribution in [-0.4, -0.2) is 69.1 Å². The van der Waals surface area contributed by atoms with Gasteiger partial charge < -0.3 is 30.3 Å². The summed E-state index contributed by atoms with van der Waals surface area (Å²) >= 11 is 0. The van der Waals surface area contributed by atoms with Crippen molar-refractivity contribution in [1.29, 1.82) is 0 Å². The molecule has 7 heteroatoms. The monoisotopic (exact) mass is 428 g/mol. The molecule has 0 aliphatic heterocycles. The number of hydrogen-bond acceptors (Lipinski definition) is 7. The Morgan fingerprint density at radius 1 is 1.10 bits per heavy atom. The van der Waals surface area contributed by atoms with E-state index in [4.69, 9.17) is 14.9 Å². The van der Waals surface area contributed by atoms with Crippen molar-refractivity contribution in [2.45, 2.75) is 89.1 Å². The zero-order valence-electron chi connectivity index (χ0n) is 18.1. The van der Waals surface area contributed by atoms with Gasteiger partial charge in [-0.1, -0.05) is 50.5 Å². The first-order valence-electron chi connectivity index (χ1n) is 11.2. The average Bonchev–Trinajstić information content (AvgIpc) is 2.99. The highest BCUT2D eigenvalue weighted by molar-refractivity contribution is 5.69. The Bertz CT molecular complexity index is 516. The van der Waals surface area contributed by atoms with Gasteiger partial charge in [0.1, 0.15) is 6.10 Å². The molecule has 0 amide bonds. The Kier molecular flexibility index (Phi) is 13.9. The topological polar surface area (TPSA) is 127 Å². The number of unbranched alkanes of at least 4 members (excludes halogenated alkanes) is 3. The largest absolute Gasteiger partial charge is 0.457 e. The van der Waals surface area contributed by atoms with E-state index in [0.717, 1.165) is 19.3 Å². The van der Waals surface area contributed by atoms with Crippen LogP contribution in [0.2, 0.25) is 0 Å². The lowest BCUT2D eigenvalue weighted by Gasteiger charge is -2.19. The molecule has 0 heterocycles. The molecule has 1 saturated carbocycles. The second kappa shape index (κ2) is 15.5. The van der Waals surface area contributed by atoms with Crippen molar-refractivity contribution in [1.82, 2.24) is 0 Å². The molecule has 0 saturated heterocycles. The van der Waals surface area contributed by atoms with Crippen LogP contribution in [0.15, 0.2) is 24.3 Å². The summed E-state index contributed by atoms with van der Waals surface area (Å²) in [5, 5.41) is 48.4. The highest BCUT2D eigenvalue weighted by Gasteiger charge is 2.39. The van der Waals surface area contributed by atoms with E-state index in [2.05, 4.69) is 6.92 Å². The third kappa shape index (κ3) is 10.2. The number of aliphatic hydroxyl groups excluding tert-OH is 5. The average molecular weight is 429 g/mol. The molecule has 1 aliphatic rings. The van der Waals surface area contributed by atoms with E-state index in [-0.39, 0.29) is 18.3 Å². The molecule has 5 unspecified atom stereocenters. The fourth-order valence-corrected chi connectivity index (χ4v) is 3.78. The normalized spacial score (nSPS) is 25.6. The molecule has 0 spiro atoms. The minimum absolute atomic E-state index is 0.102. The van der Waals surface area contributed by atoms with Crippen molar-refractivity contribution in [3.63, 3.8) is 0 Å². The highest BCUT2D eigenvalue weighted by atomic mass is 16.6. The Balaban J connectivity index is 2.39. The van der Waals surface area contributed by atoms with Crippen LogP contribution in [0, 0.1) is 11.8 Å². The van der Waals surface area contributed by atoms with E-state index < -0.39 is 43.6 Å². The number of allylic oxidation sites excluding steroid dienone is 2. The molecule has 1 fully saturated rings. The van der Waals surface area contributed by atoms with Crippen LogP contribution in [-0.2, 0) is 9.53 Å². The maximum atomic E-state index is 11.6. The van der Waals surface area contributed by atoms with Gasteiger partial charge in [0.25, 0.3) is 0 Å². The quantitative estimate of drug-likeness (QED) is 0.153. The molecular formula is C23H40O7. The minimum atomic E-state index is -0.863. The molecule has 0 radical (unpaired) electrons. The summed E-state index contributed by atoms with van der Waals surface area (Å²) < 4.78 is 4.90. The molecule has 0 bridgehead atoms. The van der Waals surface area contributed by atoms with E-state index in [0.29, 0.717) is 32.1 Å². The summed E-state index contributed by atoms with van der Waals surface area (Å²) in [4.78, 5) is 11.6. The first-order chi connectivity index (χ1) is 14.4. The van der Waals surface area contributed by atoms with Crippen LogP contribution in [0.1, 0.15) is 64.7 Å². The lowest BCUT2D eigenvalue weighted by atomic mass is 9.89. The number of carbonyl (C=O) groups excluding carboxylic acids is 1. The van der Waals surface area contributed by atoms with Crippen molar-refractivity contribution in [3.8, 4) is 0 Å². The Hall–Kier alpha value is -1.25. The van der Waals surface area contributed by atoms with E-state index in [1.807, 2.05) is 18.2 Å². The summed E-state index contributed by atoms with van der Waals surface area (Å²) in [5.74, 6) is -0.738. The molecule has 1 aliphatic carbocycles. The molecule has 174 valence electrons. The van der Waals surface area contributed by atoms with Crippen molar-refractivity contribution < 1.29 is 35.1 Å². The third-order valence-electron chi connectivity index (χ3n) is 5.61. The number of ether oxygens (including phenoxy) is 1. The number of rotatable bonds is 15. The first-order valence-corrected chi connectivity index (χ1v) is 11.2. The Morgan fingerprint density at radius 2 is 1.83 bits per heavy atom. The van der Waals surface area contributed by atoms with E-state index >= 15 is 0 Å². The van der Waals surface area contributed by atoms with Crippen molar-refractivity contribution in [3.05, 3.63) is 24.3 Å². The maximum Gasteiger partial charge on any atom is 0.306 e. The van der Waals surface area contributed by atoms with Gasteiger partial charge in [-0.2, -0.15) is 0 Å². The standard InChI is InChI=1S/C23H40O7/c1-2-3-6-9-17(26)12-13-20-19(21(27)14-22(20)28)10-7-4-5-8-11-23(29)30-18(15-24)16-25/h4,7,12-13,17-22,24-28H,2-3,5-6,8-11,14-16H2,1H3. The lowest BCUT2D eigenvalue weighted by molar-refractivity contribution is -0.153. The summed E-state index contributed by atoms with van der Waals surface area (Å²) in [6.45, 7) is 1.32. The van der Waals surface area contributed by atoms with Gasteiger partial charge in [0, 0.05) is 18.8 Å². The minimum Gasteiger partial charge on any atom is -0.457 e. The molecule has 0 aromatic rings. The van der Waals surface area contributed by atoms with Gasteiger partial charge in [-0.3, -0.25) is 4.79 Å². The molecule has 0 aromatic carbocycles. The molecule has 30 heavy (non-hydrogen) atoms. The maximum absolute atomic E-state index is 11.6. The number of carbonyl (C=O) groups is 1. The highest BCUT2D eigenvalue weighted by Crippen LogP contribution is 2.36. The second-order valence-corrected chi connectivity index (χ2v) is 8.14. The molecule has 5 atom stereocenters. The smallest absolute Gasteiger partial charge is 0.306 e. The van der Waals surface area contributed by atoms with Gasteiger partial charge in [-0.25, -0.2) is 0 Å². The van der Waals surface area contributed by atoms with Gasteiger partial charge in [-0.05, 0) is 31.6 Å². The summed E-state index contributed by atoms with van der Waals surface area (Å²) in [6, 6.07) is 0. The fraction of sp³-hybridized carbons (Fsp3) is 0.783. The zero-order chi connectivity index (χ0) is 22.4. The zero-order valence-corrected chi connectivity index (χ0v) is 18.1. The van der Waals surface area contributed by atoms with Gasteiger partial charge in [0.15, 0.2) is 0 Å². The fourth-order valence-electron chi connectivity index (χ4n) is 3.78. The number of esters is 1. The lowest BCUT2D eigenvalue weighted by Crippen LogP contribution is -2.25. The third-order valence-corrected chi connectivity index (χ3v) is 5.61. The Labute approximate surface area is 180 Å². The van der Waals surface area contributed by atoms with Crippen LogP contribution in [0.5, 0.6) is 0 Å². The van der Waals surface area contributed by atoms with Crippen LogP contribution >= 0.6 is 0 Å². The van der Waals surface area contributed by atoms with Crippen molar-refractivity contribution in [2.75, 3.05) is 13.2 Å². The van der Waals surface area contributed by atoms with Crippen molar-refractivity contribution in [2.24, 2.45) is 11.8 Å². The summed E-state index contributed by atoms with van der Waals surface area (Å²) in [6.07, 6.45) is 11.2. The van der Waals surface area contributed by atoms with Gasteiger partial charge in [0.2, 0.25) is 0 Å². The number of aliphatic hydroxyl groups is 5. The Morgan fingerprint density at radius 3 is 2.50 bits per heavy atom. The molecule has 0 aromatic heterocycles. The van der Waals surface area contributed by atoms with Crippen LogP contribution in [0.25, 0.3) is 0 Å². The summed E-state index contributed by atoms with van der Waals surface area (Å²) in [5.41, 5.74) is 0. The van der Waals surface area contributed by atoms with E-state index in [9.17, 15) is 20.1 Å².